The number of amides is 1. The smallest absolute Gasteiger partial charge is 0.432 e. The molecule has 4 aromatic heterocycles. The number of benzene rings is 1. The number of ether oxygens (including phenoxy) is 1. The summed E-state index contributed by atoms with van der Waals surface area (Å²) in [6, 6.07) is 8.41. The van der Waals surface area contributed by atoms with Gasteiger partial charge in [-0.3, -0.25) is 29.1 Å². The maximum Gasteiger partial charge on any atom is 0.432 e. The summed E-state index contributed by atoms with van der Waals surface area (Å²) in [6.07, 6.45) is 4.72. The van der Waals surface area contributed by atoms with Gasteiger partial charge in [0.1, 0.15) is 11.4 Å². The topological polar surface area (TPSA) is 185 Å². The van der Waals surface area contributed by atoms with Gasteiger partial charge in [0, 0.05) is 40.5 Å². The fourth-order valence-corrected chi connectivity index (χ4v) is 5.75. The van der Waals surface area contributed by atoms with Crippen LogP contribution in [0, 0.1) is 5.92 Å². The number of hydrogen-bond acceptors (Lipinski definition) is 11. The van der Waals surface area contributed by atoms with E-state index in [1.165, 1.54) is 59.3 Å². The first-order valence-corrected chi connectivity index (χ1v) is 15.9. The molecule has 6 rings (SSSR count). The van der Waals surface area contributed by atoms with Gasteiger partial charge in [-0.05, 0) is 43.2 Å². The van der Waals surface area contributed by atoms with E-state index in [0.717, 1.165) is 0 Å². The molecule has 264 valence electrons. The van der Waals surface area contributed by atoms with Crippen molar-refractivity contribution in [2.24, 2.45) is 17.5 Å². The van der Waals surface area contributed by atoms with Gasteiger partial charge < -0.3 is 15.8 Å². The Labute approximate surface area is 293 Å². The summed E-state index contributed by atoms with van der Waals surface area (Å²) in [6.45, 7) is 1.81. The highest BCUT2D eigenvalue weighted by Gasteiger charge is 2.32. The lowest BCUT2D eigenvalue weighted by Crippen LogP contribution is -2.30. The molecule has 1 amide bonds. The number of methoxy groups -OCH3 is 1. The maximum atomic E-state index is 13.8. The van der Waals surface area contributed by atoms with E-state index in [1.807, 2.05) is 6.92 Å². The minimum Gasteiger partial charge on any atom is -0.480 e. The Hall–Kier alpha value is -5.81. The van der Waals surface area contributed by atoms with Crippen molar-refractivity contribution in [1.82, 2.24) is 34.3 Å². The fourth-order valence-electron chi connectivity index (χ4n) is 5.58. The number of hydrogen-bond donors (Lipinski definition) is 3. The minimum absolute atomic E-state index is 0.0686. The standard InChI is InChI=1S/C33H31ClF3N11O3/c1-18-4-3-5-26(46-17-42-22(12-30(46)49)21-11-20(34)6-7-25(21)47(39)16-27(38)33(35,36)37)23-10-19(8-9-41-23)31-24(43-32(18)50)15-48(45-31)28-13-40-14-29(44-28)51-2/h6-18,26H,3-5,38-39H2,1-2H3,(H,43,50)/b27-16-. The van der Waals surface area contributed by atoms with Crippen molar-refractivity contribution in [3.63, 3.8) is 0 Å². The molecule has 0 aliphatic carbocycles. The number of anilines is 2. The molecule has 5 aromatic rings. The lowest BCUT2D eigenvalue weighted by Gasteiger charge is -2.22. The zero-order valence-corrected chi connectivity index (χ0v) is 27.9. The number of nitrogens with zero attached hydrogens (tertiary/aromatic N) is 8. The van der Waals surface area contributed by atoms with Crippen molar-refractivity contribution in [3.8, 4) is 34.2 Å². The summed E-state index contributed by atoms with van der Waals surface area (Å²) in [5, 5.41) is 8.63. The first-order chi connectivity index (χ1) is 24.3. The molecule has 0 saturated heterocycles. The lowest BCUT2D eigenvalue weighted by molar-refractivity contribution is -0.119. The number of allylic oxidation sites excluding steroid dienone is 1. The molecule has 0 fully saturated rings. The van der Waals surface area contributed by atoms with Crippen LogP contribution in [0.15, 0.2) is 84.2 Å². The zero-order valence-electron chi connectivity index (χ0n) is 27.2. The normalized spacial score (nSPS) is 16.8. The van der Waals surface area contributed by atoms with Gasteiger partial charge in [-0.25, -0.2) is 15.5 Å². The quantitative estimate of drug-likeness (QED) is 0.158. The molecule has 5 heterocycles. The van der Waals surface area contributed by atoms with Gasteiger partial charge in [0.25, 0.3) is 5.56 Å². The van der Waals surface area contributed by atoms with Crippen LogP contribution >= 0.6 is 11.6 Å². The van der Waals surface area contributed by atoms with E-state index in [2.05, 4.69) is 25.3 Å². The number of fused-ring (bicyclic) bond motifs is 4. The highest BCUT2D eigenvalue weighted by Crippen LogP contribution is 2.35. The van der Waals surface area contributed by atoms with Crippen LogP contribution in [-0.2, 0) is 4.79 Å². The number of carbonyl (C=O) groups excluding carboxylic acids is 1. The van der Waals surface area contributed by atoms with E-state index in [-0.39, 0.29) is 39.7 Å². The summed E-state index contributed by atoms with van der Waals surface area (Å²) < 4.78 is 47.5. The van der Waals surface area contributed by atoms with Crippen LogP contribution in [0.5, 0.6) is 5.88 Å². The van der Waals surface area contributed by atoms with E-state index in [4.69, 9.17) is 33.0 Å². The number of aromatic nitrogens is 7. The summed E-state index contributed by atoms with van der Waals surface area (Å²) in [4.78, 5) is 44.8. The third-order valence-electron chi connectivity index (χ3n) is 8.26. The largest absolute Gasteiger partial charge is 0.480 e. The molecule has 0 radical (unpaired) electrons. The Bertz CT molecular complexity index is 2190. The molecule has 2 unspecified atom stereocenters. The molecule has 18 heteroatoms. The Kier molecular flexibility index (Phi) is 9.75. The number of carbonyl (C=O) groups is 1. The molecular formula is C33H31ClF3N11O3. The van der Waals surface area contributed by atoms with Gasteiger partial charge >= 0.3 is 6.18 Å². The van der Waals surface area contributed by atoms with Crippen molar-refractivity contribution >= 4 is 28.9 Å². The van der Waals surface area contributed by atoms with Crippen LogP contribution in [0.3, 0.4) is 0 Å². The number of pyridine rings is 1. The summed E-state index contributed by atoms with van der Waals surface area (Å²) in [7, 11) is 1.47. The molecule has 0 spiro atoms. The predicted molar refractivity (Wildman–Crippen MR) is 183 cm³/mol. The van der Waals surface area contributed by atoms with E-state index >= 15 is 0 Å². The van der Waals surface area contributed by atoms with Crippen molar-refractivity contribution in [2.75, 3.05) is 17.4 Å². The zero-order chi connectivity index (χ0) is 36.4. The van der Waals surface area contributed by atoms with Crippen LogP contribution < -0.4 is 32.2 Å². The van der Waals surface area contributed by atoms with Crippen molar-refractivity contribution in [2.45, 2.75) is 38.4 Å². The number of alkyl halides is 3. The molecular weight excluding hydrogens is 691 g/mol. The molecule has 1 aliphatic heterocycles. The highest BCUT2D eigenvalue weighted by atomic mass is 35.5. The first-order valence-electron chi connectivity index (χ1n) is 15.5. The highest BCUT2D eigenvalue weighted by molar-refractivity contribution is 6.31. The van der Waals surface area contributed by atoms with Gasteiger partial charge in [-0.1, -0.05) is 24.9 Å². The van der Waals surface area contributed by atoms with Crippen molar-refractivity contribution in [1.29, 1.82) is 0 Å². The Morgan fingerprint density at radius 2 is 1.94 bits per heavy atom. The van der Waals surface area contributed by atoms with Crippen LogP contribution in [0.4, 0.5) is 24.5 Å². The van der Waals surface area contributed by atoms with Crippen molar-refractivity contribution < 1.29 is 22.7 Å². The van der Waals surface area contributed by atoms with Crippen LogP contribution in [0.2, 0.25) is 5.02 Å². The average molecular weight is 722 g/mol. The van der Waals surface area contributed by atoms with Gasteiger partial charge in [0.15, 0.2) is 5.82 Å². The molecule has 51 heavy (non-hydrogen) atoms. The second kappa shape index (κ2) is 14.2. The third kappa shape index (κ3) is 7.53. The SMILES string of the molecule is COc1cncc(-n2cc3c(n2)-c2ccnc(c2)C(n2cnc(-c4cc(Cl)ccc4N(N)/C=C(\N)C(F)(F)F)cc2=O)CCCC(C)C(=O)N3)n1. The van der Waals surface area contributed by atoms with Gasteiger partial charge in [0.2, 0.25) is 11.8 Å². The molecule has 2 atom stereocenters. The predicted octanol–water partition coefficient (Wildman–Crippen LogP) is 5.00. The minimum atomic E-state index is -4.81. The number of hydrazine groups is 1. The molecule has 5 N–H and O–H groups in total. The van der Waals surface area contributed by atoms with E-state index in [1.54, 1.807) is 24.5 Å². The fraction of sp³-hybridized carbons (Fsp3) is 0.242. The summed E-state index contributed by atoms with van der Waals surface area (Å²) in [5.74, 6) is 6.00. The number of nitrogens with two attached hydrogens (primary N) is 2. The maximum absolute atomic E-state index is 13.8. The van der Waals surface area contributed by atoms with E-state index in [9.17, 15) is 22.8 Å². The van der Waals surface area contributed by atoms with Crippen molar-refractivity contribution in [3.05, 3.63) is 100 Å². The first kappa shape index (κ1) is 35.0. The van der Waals surface area contributed by atoms with E-state index in [0.29, 0.717) is 58.9 Å². The third-order valence-corrected chi connectivity index (χ3v) is 8.50. The molecule has 2 bridgehead atoms. The molecule has 1 aliphatic rings. The summed E-state index contributed by atoms with van der Waals surface area (Å²) >= 11 is 6.23. The monoisotopic (exact) mass is 721 g/mol. The van der Waals surface area contributed by atoms with Gasteiger partial charge in [0.05, 0.1) is 60.8 Å². The number of nitrogens with one attached hydrogen (secondary N) is 1. The summed E-state index contributed by atoms with van der Waals surface area (Å²) in [5.41, 5.74) is 5.67. The average Bonchev–Trinajstić information content (AvgIpc) is 3.53. The Morgan fingerprint density at radius 1 is 1.14 bits per heavy atom. The molecule has 14 nitrogen and oxygen atoms in total. The number of halogens is 4. The van der Waals surface area contributed by atoms with Gasteiger partial charge in [-0.2, -0.15) is 23.3 Å². The molecule has 1 aromatic carbocycles. The molecule has 0 saturated carbocycles. The lowest BCUT2D eigenvalue weighted by atomic mass is 9.97. The Balaban J connectivity index is 1.41. The van der Waals surface area contributed by atoms with Crippen LogP contribution in [0.25, 0.3) is 28.3 Å². The Morgan fingerprint density at radius 3 is 2.69 bits per heavy atom. The number of rotatable bonds is 6. The van der Waals surface area contributed by atoms with Crippen LogP contribution in [-0.4, -0.2) is 53.5 Å². The second-order valence-electron chi connectivity index (χ2n) is 11.7. The van der Waals surface area contributed by atoms with Crippen LogP contribution in [0.1, 0.15) is 37.9 Å². The van der Waals surface area contributed by atoms with Gasteiger partial charge in [-0.15, -0.1) is 0 Å². The van der Waals surface area contributed by atoms with E-state index < -0.39 is 23.5 Å². The second-order valence-corrected chi connectivity index (χ2v) is 12.2.